The molecule has 0 bridgehead atoms. The Bertz CT molecular complexity index is 409. The molecule has 1 atom stereocenters. The zero-order chi connectivity index (χ0) is 12.3. The van der Waals surface area contributed by atoms with Crippen LogP contribution in [0.25, 0.3) is 0 Å². The molecule has 0 radical (unpaired) electrons. The van der Waals surface area contributed by atoms with Crippen LogP contribution in [0.2, 0.25) is 0 Å². The topological polar surface area (TPSA) is 83.3 Å². The highest BCUT2D eigenvalue weighted by Crippen LogP contribution is 2.13. The maximum atomic E-state index is 12.0. The summed E-state index contributed by atoms with van der Waals surface area (Å²) in [5, 5.41) is 2.98. The van der Waals surface area contributed by atoms with Gasteiger partial charge in [-0.25, -0.2) is 0 Å². The fourth-order valence-electron chi connectivity index (χ4n) is 2.02. The highest BCUT2D eigenvalue weighted by Gasteiger charge is 2.22. The second-order valence-corrected chi connectivity index (χ2v) is 4.29. The maximum absolute atomic E-state index is 12.0. The lowest BCUT2D eigenvalue weighted by atomic mass is 10.2. The first-order valence-corrected chi connectivity index (χ1v) is 5.60. The largest absolute Gasteiger partial charge is 0.348 e. The summed E-state index contributed by atoms with van der Waals surface area (Å²) in [6, 6.07) is 1.88. The lowest BCUT2D eigenvalue weighted by Crippen LogP contribution is -2.37. The summed E-state index contributed by atoms with van der Waals surface area (Å²) < 4.78 is 0. The Hall–Kier alpha value is -1.66. The second kappa shape index (κ2) is 5.11. The Morgan fingerprint density at radius 3 is 3.12 bits per heavy atom. The van der Waals surface area contributed by atoms with Gasteiger partial charge in [-0.05, 0) is 26.1 Å². The molecule has 1 aromatic rings. The van der Waals surface area contributed by atoms with Gasteiger partial charge in [0, 0.05) is 25.0 Å². The predicted octanol–water partition coefficient (Wildman–Crippen LogP) is -0.199. The molecule has 0 spiro atoms. The molecule has 2 heterocycles. The highest BCUT2D eigenvalue weighted by atomic mass is 16.1. The van der Waals surface area contributed by atoms with Crippen molar-refractivity contribution in [2.24, 2.45) is 5.84 Å². The van der Waals surface area contributed by atoms with E-state index in [2.05, 4.69) is 20.6 Å². The van der Waals surface area contributed by atoms with Crippen molar-refractivity contribution in [2.45, 2.75) is 12.5 Å². The molecule has 0 saturated carbocycles. The average Bonchev–Trinajstić information content (AvgIpc) is 2.74. The Balaban J connectivity index is 2.04. The van der Waals surface area contributed by atoms with E-state index in [0.717, 1.165) is 19.5 Å². The minimum atomic E-state index is -0.133. The maximum Gasteiger partial charge on any atom is 0.255 e. The first-order valence-electron chi connectivity index (χ1n) is 5.60. The summed E-state index contributed by atoms with van der Waals surface area (Å²) in [5.41, 5.74) is 3.56. The molecule has 0 aliphatic carbocycles. The third kappa shape index (κ3) is 2.72. The van der Waals surface area contributed by atoms with Crippen LogP contribution >= 0.6 is 0 Å². The van der Waals surface area contributed by atoms with Crippen LogP contribution in [0.3, 0.4) is 0 Å². The smallest absolute Gasteiger partial charge is 0.255 e. The van der Waals surface area contributed by atoms with E-state index in [4.69, 9.17) is 5.84 Å². The van der Waals surface area contributed by atoms with Crippen LogP contribution < -0.4 is 16.6 Å². The Morgan fingerprint density at radius 2 is 2.47 bits per heavy atom. The van der Waals surface area contributed by atoms with Crippen LogP contribution in [0, 0.1) is 0 Å². The number of nitrogens with one attached hydrogen (secondary N) is 2. The first kappa shape index (κ1) is 11.8. The Kier molecular flexibility index (Phi) is 3.55. The Morgan fingerprint density at radius 1 is 1.65 bits per heavy atom. The molecule has 1 aromatic heterocycles. The number of carbonyl (C=O) groups excluding carboxylic acids is 1. The molecule has 0 aromatic carbocycles. The molecule has 92 valence electrons. The minimum Gasteiger partial charge on any atom is -0.348 e. The van der Waals surface area contributed by atoms with Crippen LogP contribution in [-0.4, -0.2) is 42.0 Å². The van der Waals surface area contributed by atoms with Crippen LogP contribution in [0.15, 0.2) is 18.5 Å². The predicted molar refractivity (Wildman–Crippen MR) is 65.4 cm³/mol. The van der Waals surface area contributed by atoms with Crippen LogP contribution in [0.1, 0.15) is 16.8 Å². The molecule has 4 N–H and O–H groups in total. The van der Waals surface area contributed by atoms with Gasteiger partial charge in [0.05, 0.1) is 11.3 Å². The molecule has 6 nitrogen and oxygen atoms in total. The molecule has 1 unspecified atom stereocenters. The lowest BCUT2D eigenvalue weighted by molar-refractivity contribution is 0.0939. The van der Waals surface area contributed by atoms with E-state index >= 15 is 0 Å². The minimum absolute atomic E-state index is 0.133. The van der Waals surface area contributed by atoms with Gasteiger partial charge in [0.2, 0.25) is 0 Å². The van der Waals surface area contributed by atoms with Crippen LogP contribution in [0.4, 0.5) is 5.69 Å². The van der Waals surface area contributed by atoms with Crippen molar-refractivity contribution in [1.82, 2.24) is 15.2 Å². The quantitative estimate of drug-likeness (QED) is 0.499. The van der Waals surface area contributed by atoms with Gasteiger partial charge in [-0.15, -0.1) is 0 Å². The molecular formula is C11H17N5O. The number of pyridine rings is 1. The number of hydrogen-bond donors (Lipinski definition) is 3. The normalized spacial score (nSPS) is 20.2. The van der Waals surface area contributed by atoms with E-state index in [1.54, 1.807) is 12.3 Å². The second-order valence-electron chi connectivity index (χ2n) is 4.29. The number of nitrogens with zero attached hydrogens (tertiary/aromatic N) is 2. The molecule has 17 heavy (non-hydrogen) atoms. The third-order valence-electron chi connectivity index (χ3n) is 2.95. The van der Waals surface area contributed by atoms with E-state index in [0.29, 0.717) is 11.3 Å². The van der Waals surface area contributed by atoms with Crippen LogP contribution in [-0.2, 0) is 0 Å². The van der Waals surface area contributed by atoms with E-state index in [-0.39, 0.29) is 11.9 Å². The summed E-state index contributed by atoms with van der Waals surface area (Å²) in [5.74, 6) is 5.22. The third-order valence-corrected chi connectivity index (χ3v) is 2.95. The zero-order valence-electron chi connectivity index (χ0n) is 9.81. The molecule has 1 amide bonds. The number of nitrogen functional groups attached to an aromatic ring is 1. The van der Waals surface area contributed by atoms with Gasteiger partial charge in [-0.2, -0.15) is 0 Å². The number of carbonyl (C=O) groups is 1. The van der Waals surface area contributed by atoms with Gasteiger partial charge in [0.15, 0.2) is 0 Å². The highest BCUT2D eigenvalue weighted by molar-refractivity contribution is 5.99. The first-order chi connectivity index (χ1) is 8.20. The average molecular weight is 235 g/mol. The molecule has 1 aliphatic heterocycles. The van der Waals surface area contributed by atoms with E-state index in [9.17, 15) is 4.79 Å². The number of hydrogen-bond acceptors (Lipinski definition) is 5. The number of rotatable bonds is 3. The van der Waals surface area contributed by atoms with Crippen molar-refractivity contribution >= 4 is 11.6 Å². The number of amides is 1. The van der Waals surface area contributed by atoms with Gasteiger partial charge >= 0.3 is 0 Å². The van der Waals surface area contributed by atoms with Gasteiger partial charge in [0.1, 0.15) is 0 Å². The van der Waals surface area contributed by atoms with Crippen LogP contribution in [0.5, 0.6) is 0 Å². The zero-order valence-corrected chi connectivity index (χ0v) is 9.81. The van der Waals surface area contributed by atoms with Gasteiger partial charge in [-0.1, -0.05) is 0 Å². The molecule has 2 rings (SSSR count). The SMILES string of the molecule is CN1CCC(NC(=O)c2cnccc2NN)C1. The van der Waals surface area contributed by atoms with E-state index < -0.39 is 0 Å². The Labute approximate surface area is 100 Å². The van der Waals surface area contributed by atoms with Crippen molar-refractivity contribution in [2.75, 3.05) is 25.6 Å². The van der Waals surface area contributed by atoms with Crippen molar-refractivity contribution < 1.29 is 4.79 Å². The van der Waals surface area contributed by atoms with Crippen molar-refractivity contribution in [3.8, 4) is 0 Å². The van der Waals surface area contributed by atoms with Crippen molar-refractivity contribution in [3.63, 3.8) is 0 Å². The standard InChI is InChI=1S/C11H17N5O/c1-16-5-3-8(7-16)14-11(17)9-6-13-4-2-10(9)15-12/h2,4,6,8H,3,5,7,12H2,1H3,(H,13,15)(H,14,17). The summed E-state index contributed by atoms with van der Waals surface area (Å²) in [4.78, 5) is 18.1. The van der Waals surface area contributed by atoms with Gasteiger partial charge in [0.25, 0.3) is 5.91 Å². The number of anilines is 1. The monoisotopic (exact) mass is 235 g/mol. The van der Waals surface area contributed by atoms with E-state index in [1.807, 2.05) is 7.05 Å². The number of hydrazine groups is 1. The molecule has 6 heteroatoms. The summed E-state index contributed by atoms with van der Waals surface area (Å²) >= 11 is 0. The van der Waals surface area contributed by atoms with Crippen molar-refractivity contribution in [1.29, 1.82) is 0 Å². The lowest BCUT2D eigenvalue weighted by Gasteiger charge is -2.14. The fourth-order valence-corrected chi connectivity index (χ4v) is 2.02. The molecule has 1 aliphatic rings. The molecule has 1 fully saturated rings. The fraction of sp³-hybridized carbons (Fsp3) is 0.455. The number of likely N-dealkylation sites (N-methyl/N-ethyl adjacent to an activating group) is 1. The molecule has 1 saturated heterocycles. The summed E-state index contributed by atoms with van der Waals surface area (Å²) in [6.07, 6.45) is 4.09. The van der Waals surface area contributed by atoms with Crippen molar-refractivity contribution in [3.05, 3.63) is 24.0 Å². The van der Waals surface area contributed by atoms with Gasteiger partial charge in [-0.3, -0.25) is 15.6 Å². The number of nitrogens with two attached hydrogens (primary N) is 1. The number of likely N-dealkylation sites (tertiary alicyclic amines) is 1. The van der Waals surface area contributed by atoms with E-state index in [1.165, 1.54) is 6.20 Å². The summed E-state index contributed by atoms with van der Waals surface area (Å²) in [7, 11) is 2.04. The number of aromatic nitrogens is 1. The summed E-state index contributed by atoms with van der Waals surface area (Å²) in [6.45, 7) is 1.90. The molecular weight excluding hydrogens is 218 g/mol. The van der Waals surface area contributed by atoms with Gasteiger partial charge < -0.3 is 15.6 Å².